The smallest absolute Gasteiger partial charge is 0.303 e. The lowest BCUT2D eigenvalue weighted by atomic mass is 9.92. The lowest BCUT2D eigenvalue weighted by Gasteiger charge is -2.15. The number of carbonyl (C=O) groups is 2. The first-order valence-corrected chi connectivity index (χ1v) is 8.44. The van der Waals surface area contributed by atoms with Gasteiger partial charge in [-0.25, -0.2) is 4.39 Å². The van der Waals surface area contributed by atoms with E-state index < -0.39 is 23.6 Å². The van der Waals surface area contributed by atoms with Gasteiger partial charge in [0, 0.05) is 18.3 Å². The van der Waals surface area contributed by atoms with Gasteiger partial charge in [-0.2, -0.15) is 0 Å². The van der Waals surface area contributed by atoms with Crippen LogP contribution >= 0.6 is 11.3 Å². The predicted octanol–water partition coefficient (Wildman–Crippen LogP) is 3.14. The molecule has 0 saturated heterocycles. The number of carboxylic acids is 1. The summed E-state index contributed by atoms with van der Waals surface area (Å²) < 4.78 is 13.9. The first-order valence-electron chi connectivity index (χ1n) is 7.62. The fourth-order valence-electron chi connectivity index (χ4n) is 2.48. The van der Waals surface area contributed by atoms with Crippen molar-refractivity contribution in [1.82, 2.24) is 10.2 Å². The van der Waals surface area contributed by atoms with E-state index >= 15 is 0 Å². The Balaban J connectivity index is 1.68. The third kappa shape index (κ3) is 4.14. The zero-order valence-corrected chi connectivity index (χ0v) is 13.6. The number of anilines is 1. The molecule has 1 heterocycles. The quantitative estimate of drug-likeness (QED) is 0.801. The Morgan fingerprint density at radius 2 is 2.04 bits per heavy atom. The molecule has 0 radical (unpaired) electrons. The zero-order chi connectivity index (χ0) is 17.1. The van der Waals surface area contributed by atoms with Crippen LogP contribution < -0.4 is 5.32 Å². The molecule has 1 aromatic heterocycles. The Kier molecular flexibility index (Phi) is 4.84. The summed E-state index contributed by atoms with van der Waals surface area (Å²) in [5.41, 5.74) is 0.228. The molecule has 0 aliphatic heterocycles. The summed E-state index contributed by atoms with van der Waals surface area (Å²) in [6, 6.07) is 5.91. The zero-order valence-electron chi connectivity index (χ0n) is 12.7. The summed E-state index contributed by atoms with van der Waals surface area (Å²) in [5.74, 6) is -2.28. The second-order valence-electron chi connectivity index (χ2n) is 5.79. The summed E-state index contributed by atoms with van der Waals surface area (Å²) in [7, 11) is 0. The lowest BCUT2D eigenvalue weighted by Crippen LogP contribution is -2.18. The van der Waals surface area contributed by atoms with Gasteiger partial charge in [0.1, 0.15) is 10.8 Å². The highest BCUT2D eigenvalue weighted by molar-refractivity contribution is 7.15. The van der Waals surface area contributed by atoms with Crippen molar-refractivity contribution in [3.05, 3.63) is 40.7 Å². The van der Waals surface area contributed by atoms with Gasteiger partial charge < -0.3 is 10.4 Å². The highest BCUT2D eigenvalue weighted by Crippen LogP contribution is 2.42. The van der Waals surface area contributed by atoms with Crippen molar-refractivity contribution in [2.75, 3.05) is 5.32 Å². The average Bonchev–Trinajstić information content (AvgIpc) is 3.27. The third-order valence-corrected chi connectivity index (χ3v) is 4.81. The Morgan fingerprint density at radius 3 is 2.71 bits per heavy atom. The van der Waals surface area contributed by atoms with Crippen LogP contribution in [0.1, 0.15) is 48.1 Å². The predicted molar refractivity (Wildman–Crippen MR) is 86.5 cm³/mol. The molecule has 2 aromatic rings. The maximum Gasteiger partial charge on any atom is 0.303 e. The number of carboxylic acid groups (broad SMARTS) is 1. The van der Waals surface area contributed by atoms with Crippen molar-refractivity contribution in [2.45, 2.75) is 37.5 Å². The summed E-state index contributed by atoms with van der Waals surface area (Å²) >= 11 is 1.33. The number of hydrogen-bond acceptors (Lipinski definition) is 5. The summed E-state index contributed by atoms with van der Waals surface area (Å²) in [6.07, 6.45) is 1.73. The van der Waals surface area contributed by atoms with Crippen LogP contribution in [-0.4, -0.2) is 27.2 Å². The first-order chi connectivity index (χ1) is 11.5. The van der Waals surface area contributed by atoms with E-state index in [1.807, 2.05) is 0 Å². The molecule has 2 N–H and O–H groups in total. The van der Waals surface area contributed by atoms with Crippen LogP contribution in [-0.2, 0) is 9.59 Å². The Morgan fingerprint density at radius 1 is 1.29 bits per heavy atom. The van der Waals surface area contributed by atoms with Crippen LogP contribution in [0.4, 0.5) is 9.52 Å². The molecule has 1 saturated carbocycles. The Bertz CT molecular complexity index is 761. The highest BCUT2D eigenvalue weighted by Gasteiger charge is 2.28. The molecule has 3 rings (SSSR count). The normalized spacial score (nSPS) is 15.0. The molecule has 1 atom stereocenters. The summed E-state index contributed by atoms with van der Waals surface area (Å²) in [6.45, 7) is 0. The van der Waals surface area contributed by atoms with Gasteiger partial charge in [-0.05, 0) is 24.5 Å². The summed E-state index contributed by atoms with van der Waals surface area (Å²) in [4.78, 5) is 23.2. The maximum absolute atomic E-state index is 13.9. The SMILES string of the molecule is O=C(O)CC(CC(=O)Nc1nnc(C2CC2)s1)c1ccccc1F. The van der Waals surface area contributed by atoms with Crippen LogP contribution in [0.3, 0.4) is 0 Å². The monoisotopic (exact) mass is 349 g/mol. The van der Waals surface area contributed by atoms with Gasteiger partial charge in [0.2, 0.25) is 11.0 Å². The lowest BCUT2D eigenvalue weighted by molar-refractivity contribution is -0.137. The fourth-order valence-corrected chi connectivity index (χ4v) is 3.41. The van der Waals surface area contributed by atoms with Gasteiger partial charge >= 0.3 is 5.97 Å². The van der Waals surface area contributed by atoms with Gasteiger partial charge in [-0.1, -0.05) is 29.5 Å². The molecule has 6 nitrogen and oxygen atoms in total. The second kappa shape index (κ2) is 7.04. The number of carbonyl (C=O) groups excluding carboxylic acids is 1. The molecule has 24 heavy (non-hydrogen) atoms. The molecular formula is C16H16FN3O3S. The molecular weight excluding hydrogens is 333 g/mol. The van der Waals surface area contributed by atoms with Crippen LogP contribution in [0.25, 0.3) is 0 Å². The van der Waals surface area contributed by atoms with E-state index in [2.05, 4.69) is 15.5 Å². The standard InChI is InChI=1S/C16H16FN3O3S/c17-12-4-2-1-3-11(12)10(8-14(22)23)7-13(21)18-16-20-19-15(24-16)9-5-6-9/h1-4,9-10H,5-8H2,(H,22,23)(H,18,20,21). The maximum atomic E-state index is 13.9. The van der Waals surface area contributed by atoms with E-state index in [-0.39, 0.29) is 18.4 Å². The number of aliphatic carboxylic acids is 1. The topological polar surface area (TPSA) is 92.2 Å². The van der Waals surface area contributed by atoms with E-state index in [4.69, 9.17) is 5.11 Å². The second-order valence-corrected chi connectivity index (χ2v) is 6.80. The molecule has 1 aromatic carbocycles. The third-order valence-electron chi connectivity index (χ3n) is 3.81. The van der Waals surface area contributed by atoms with Gasteiger partial charge in [-0.15, -0.1) is 10.2 Å². The molecule has 0 spiro atoms. The van der Waals surface area contributed by atoms with Crippen LogP contribution in [0.15, 0.2) is 24.3 Å². The summed E-state index contributed by atoms with van der Waals surface area (Å²) in [5, 5.41) is 20.9. The largest absolute Gasteiger partial charge is 0.481 e. The van der Waals surface area contributed by atoms with Crippen molar-refractivity contribution >= 4 is 28.3 Å². The minimum absolute atomic E-state index is 0.133. The number of amides is 1. The van der Waals surface area contributed by atoms with Crippen LogP contribution in [0.2, 0.25) is 0 Å². The van der Waals surface area contributed by atoms with Gasteiger partial charge in [0.25, 0.3) is 0 Å². The molecule has 1 fully saturated rings. The van der Waals surface area contributed by atoms with E-state index in [1.54, 1.807) is 6.07 Å². The fraction of sp³-hybridized carbons (Fsp3) is 0.375. The van der Waals surface area contributed by atoms with E-state index in [0.29, 0.717) is 11.0 Å². The number of halogens is 1. The minimum atomic E-state index is -1.08. The number of rotatable bonds is 7. The van der Waals surface area contributed by atoms with Crippen LogP contribution in [0, 0.1) is 5.82 Å². The van der Waals surface area contributed by atoms with Gasteiger partial charge in [0.15, 0.2) is 0 Å². The molecule has 0 bridgehead atoms. The number of hydrogen-bond donors (Lipinski definition) is 2. The first kappa shape index (κ1) is 16.5. The van der Waals surface area contributed by atoms with E-state index in [1.165, 1.54) is 29.5 Å². The van der Waals surface area contributed by atoms with Crippen molar-refractivity contribution in [1.29, 1.82) is 0 Å². The molecule has 1 amide bonds. The van der Waals surface area contributed by atoms with E-state index in [0.717, 1.165) is 17.8 Å². The minimum Gasteiger partial charge on any atom is -0.481 e. The Hall–Kier alpha value is -2.35. The van der Waals surface area contributed by atoms with Crippen molar-refractivity contribution < 1.29 is 19.1 Å². The number of benzene rings is 1. The highest BCUT2D eigenvalue weighted by atomic mass is 32.1. The number of aromatic nitrogens is 2. The molecule has 1 unspecified atom stereocenters. The number of nitrogens with one attached hydrogen (secondary N) is 1. The van der Waals surface area contributed by atoms with Gasteiger partial charge in [-0.3, -0.25) is 9.59 Å². The van der Waals surface area contributed by atoms with Crippen molar-refractivity contribution in [2.24, 2.45) is 0 Å². The molecule has 126 valence electrons. The molecule has 1 aliphatic carbocycles. The van der Waals surface area contributed by atoms with Crippen LogP contribution in [0.5, 0.6) is 0 Å². The number of nitrogens with zero attached hydrogens (tertiary/aromatic N) is 2. The average molecular weight is 349 g/mol. The Labute approximate surface area is 141 Å². The molecule has 1 aliphatic rings. The van der Waals surface area contributed by atoms with Crippen molar-refractivity contribution in [3.63, 3.8) is 0 Å². The van der Waals surface area contributed by atoms with E-state index in [9.17, 15) is 14.0 Å². The van der Waals surface area contributed by atoms with Gasteiger partial charge in [0.05, 0.1) is 6.42 Å². The molecule has 8 heteroatoms. The van der Waals surface area contributed by atoms with Crippen molar-refractivity contribution in [3.8, 4) is 0 Å².